The van der Waals surface area contributed by atoms with E-state index in [1.54, 1.807) is 0 Å². The van der Waals surface area contributed by atoms with Crippen LogP contribution in [0.15, 0.2) is 18.2 Å². The van der Waals surface area contributed by atoms with Gasteiger partial charge in [-0.25, -0.2) is 0 Å². The van der Waals surface area contributed by atoms with Crippen LogP contribution in [0.3, 0.4) is 0 Å². The highest BCUT2D eigenvalue weighted by Crippen LogP contribution is 2.37. The Morgan fingerprint density at radius 3 is 2.48 bits per heavy atom. The molecule has 1 rings (SSSR count). The maximum Gasteiger partial charge on any atom is 0.418 e. The minimum atomic E-state index is -4.60. The maximum atomic E-state index is 13.0. The summed E-state index contributed by atoms with van der Waals surface area (Å²) in [6.45, 7) is 3.75. The number of methoxy groups -OCH3 is 1. The van der Waals surface area contributed by atoms with Gasteiger partial charge in [0.2, 0.25) is 5.91 Å². The first-order valence-corrected chi connectivity index (χ1v) is 6.46. The van der Waals surface area contributed by atoms with E-state index in [1.165, 1.54) is 13.2 Å². The van der Waals surface area contributed by atoms with Gasteiger partial charge in [-0.3, -0.25) is 4.79 Å². The van der Waals surface area contributed by atoms with Gasteiger partial charge in [0.05, 0.1) is 24.4 Å². The highest BCUT2D eigenvalue weighted by atomic mass is 19.4. The molecule has 0 aliphatic carbocycles. The van der Waals surface area contributed by atoms with Crippen molar-refractivity contribution in [2.24, 2.45) is 11.7 Å². The van der Waals surface area contributed by atoms with E-state index in [9.17, 15) is 18.0 Å². The van der Waals surface area contributed by atoms with Crippen LogP contribution in [0.2, 0.25) is 0 Å². The second kappa shape index (κ2) is 6.80. The molecule has 3 N–H and O–H groups in total. The Kier molecular flexibility index (Phi) is 5.60. The second-order valence-electron chi connectivity index (χ2n) is 5.13. The van der Waals surface area contributed by atoms with Crippen molar-refractivity contribution in [1.82, 2.24) is 0 Å². The molecule has 7 heteroatoms. The van der Waals surface area contributed by atoms with Gasteiger partial charge in [0.1, 0.15) is 5.75 Å². The molecular weight excluding hydrogens is 285 g/mol. The highest BCUT2D eigenvalue weighted by molar-refractivity contribution is 5.95. The normalized spacial score (nSPS) is 13.1. The largest absolute Gasteiger partial charge is 0.497 e. The molecule has 1 amide bonds. The Morgan fingerprint density at radius 1 is 1.38 bits per heavy atom. The SMILES string of the molecule is COc1ccc(NC(=O)C(N)CC(C)C)c(C(F)(F)F)c1. The number of alkyl halides is 3. The summed E-state index contributed by atoms with van der Waals surface area (Å²) in [5.41, 5.74) is 4.37. The molecule has 1 aromatic carbocycles. The van der Waals surface area contributed by atoms with Crippen molar-refractivity contribution in [1.29, 1.82) is 0 Å². The van der Waals surface area contributed by atoms with Crippen molar-refractivity contribution in [2.75, 3.05) is 12.4 Å². The number of nitrogens with one attached hydrogen (secondary N) is 1. The minimum Gasteiger partial charge on any atom is -0.497 e. The zero-order valence-electron chi connectivity index (χ0n) is 12.1. The molecule has 21 heavy (non-hydrogen) atoms. The van der Waals surface area contributed by atoms with Crippen LogP contribution in [0, 0.1) is 5.92 Å². The van der Waals surface area contributed by atoms with E-state index in [0.717, 1.165) is 12.1 Å². The monoisotopic (exact) mass is 304 g/mol. The first kappa shape index (κ1) is 17.3. The number of rotatable bonds is 5. The van der Waals surface area contributed by atoms with Gasteiger partial charge < -0.3 is 15.8 Å². The lowest BCUT2D eigenvalue weighted by Gasteiger charge is -2.18. The van der Waals surface area contributed by atoms with E-state index >= 15 is 0 Å². The first-order chi connectivity index (χ1) is 9.65. The van der Waals surface area contributed by atoms with Gasteiger partial charge in [-0.1, -0.05) is 13.8 Å². The summed E-state index contributed by atoms with van der Waals surface area (Å²) in [4.78, 5) is 11.8. The summed E-state index contributed by atoms with van der Waals surface area (Å²) in [7, 11) is 1.27. The van der Waals surface area contributed by atoms with Crippen molar-refractivity contribution >= 4 is 11.6 Å². The van der Waals surface area contributed by atoms with Crippen LogP contribution < -0.4 is 15.8 Å². The molecule has 0 saturated carbocycles. The third kappa shape index (κ3) is 4.93. The molecular formula is C14H19F3N2O2. The third-order valence-corrected chi connectivity index (χ3v) is 2.85. The highest BCUT2D eigenvalue weighted by Gasteiger charge is 2.34. The van der Waals surface area contributed by atoms with Gasteiger partial charge in [0, 0.05) is 0 Å². The quantitative estimate of drug-likeness (QED) is 0.879. The molecule has 1 unspecified atom stereocenters. The molecule has 1 aromatic rings. The number of carbonyl (C=O) groups is 1. The number of ether oxygens (including phenoxy) is 1. The fraction of sp³-hybridized carbons (Fsp3) is 0.500. The van der Waals surface area contributed by atoms with Gasteiger partial charge >= 0.3 is 6.18 Å². The fourth-order valence-corrected chi connectivity index (χ4v) is 1.83. The standard InChI is InChI=1S/C14H19F3N2O2/c1-8(2)6-11(18)13(20)19-12-5-4-9(21-3)7-10(12)14(15,16)17/h4-5,7-8,11H,6,18H2,1-3H3,(H,19,20). The average molecular weight is 304 g/mol. The maximum absolute atomic E-state index is 13.0. The molecule has 0 bridgehead atoms. The Morgan fingerprint density at radius 2 is 2.00 bits per heavy atom. The van der Waals surface area contributed by atoms with E-state index in [-0.39, 0.29) is 17.4 Å². The molecule has 0 aliphatic heterocycles. The topological polar surface area (TPSA) is 64.3 Å². The zero-order chi connectivity index (χ0) is 16.2. The number of halogens is 3. The number of nitrogens with two attached hydrogens (primary N) is 1. The van der Waals surface area contributed by atoms with Gasteiger partial charge in [-0.2, -0.15) is 13.2 Å². The Hall–Kier alpha value is -1.76. The molecule has 0 spiro atoms. The molecule has 0 saturated heterocycles. The van der Waals surface area contributed by atoms with Crippen molar-refractivity contribution in [3.8, 4) is 5.75 Å². The van der Waals surface area contributed by atoms with E-state index in [1.807, 2.05) is 13.8 Å². The summed E-state index contributed by atoms with van der Waals surface area (Å²) >= 11 is 0. The summed E-state index contributed by atoms with van der Waals surface area (Å²) < 4.78 is 43.7. The van der Waals surface area contributed by atoms with Crippen molar-refractivity contribution in [2.45, 2.75) is 32.5 Å². The summed E-state index contributed by atoms with van der Waals surface area (Å²) in [6, 6.07) is 2.48. The predicted octanol–water partition coefficient (Wildman–Crippen LogP) is 3.03. The predicted molar refractivity (Wildman–Crippen MR) is 74.1 cm³/mol. The summed E-state index contributed by atoms with van der Waals surface area (Å²) in [5, 5.41) is 2.23. The molecule has 0 aliphatic rings. The van der Waals surface area contributed by atoms with Crippen LogP contribution in [0.5, 0.6) is 5.75 Å². The first-order valence-electron chi connectivity index (χ1n) is 6.46. The lowest BCUT2D eigenvalue weighted by molar-refractivity contribution is -0.137. The Balaban J connectivity index is 3.00. The number of benzene rings is 1. The molecule has 1 atom stereocenters. The van der Waals surface area contributed by atoms with E-state index in [0.29, 0.717) is 6.42 Å². The minimum absolute atomic E-state index is 0.0619. The number of amides is 1. The lowest BCUT2D eigenvalue weighted by atomic mass is 10.0. The number of carbonyl (C=O) groups excluding carboxylic acids is 1. The molecule has 0 aromatic heterocycles. The second-order valence-corrected chi connectivity index (χ2v) is 5.13. The molecule has 0 heterocycles. The average Bonchev–Trinajstić information content (AvgIpc) is 2.37. The van der Waals surface area contributed by atoms with Crippen LogP contribution in [-0.2, 0) is 11.0 Å². The van der Waals surface area contributed by atoms with E-state index < -0.39 is 23.7 Å². The van der Waals surface area contributed by atoms with Crippen LogP contribution >= 0.6 is 0 Å². The molecule has 0 fully saturated rings. The van der Waals surface area contributed by atoms with Gasteiger partial charge in [0.25, 0.3) is 0 Å². The van der Waals surface area contributed by atoms with Crippen LogP contribution in [-0.4, -0.2) is 19.1 Å². The van der Waals surface area contributed by atoms with Crippen molar-refractivity contribution < 1.29 is 22.7 Å². The van der Waals surface area contributed by atoms with E-state index in [4.69, 9.17) is 10.5 Å². The summed E-state index contributed by atoms with van der Waals surface area (Å²) in [6.07, 6.45) is -4.21. The van der Waals surface area contributed by atoms with Crippen LogP contribution in [0.1, 0.15) is 25.8 Å². The van der Waals surface area contributed by atoms with Crippen LogP contribution in [0.4, 0.5) is 18.9 Å². The van der Waals surface area contributed by atoms with Crippen molar-refractivity contribution in [3.63, 3.8) is 0 Å². The summed E-state index contributed by atoms with van der Waals surface area (Å²) in [5.74, 6) is -0.408. The molecule has 4 nitrogen and oxygen atoms in total. The van der Waals surface area contributed by atoms with E-state index in [2.05, 4.69) is 5.32 Å². The molecule has 118 valence electrons. The zero-order valence-corrected chi connectivity index (χ0v) is 12.1. The Bertz CT molecular complexity index is 501. The van der Waals surface area contributed by atoms with Gasteiger partial charge in [-0.05, 0) is 30.5 Å². The van der Waals surface area contributed by atoms with Gasteiger partial charge in [0.15, 0.2) is 0 Å². The van der Waals surface area contributed by atoms with Crippen molar-refractivity contribution in [3.05, 3.63) is 23.8 Å². The number of hydrogen-bond donors (Lipinski definition) is 2. The lowest BCUT2D eigenvalue weighted by Crippen LogP contribution is -2.37. The number of anilines is 1. The number of hydrogen-bond acceptors (Lipinski definition) is 3. The third-order valence-electron chi connectivity index (χ3n) is 2.85. The Labute approximate surface area is 121 Å². The van der Waals surface area contributed by atoms with Gasteiger partial charge in [-0.15, -0.1) is 0 Å². The molecule has 0 radical (unpaired) electrons. The van der Waals surface area contributed by atoms with Crippen LogP contribution in [0.25, 0.3) is 0 Å². The fourth-order valence-electron chi connectivity index (χ4n) is 1.83. The smallest absolute Gasteiger partial charge is 0.418 e.